The number of aryl methyl sites for hydroxylation is 1. The number of thiazole rings is 1. The van der Waals surface area contributed by atoms with Crippen LogP contribution in [0.25, 0.3) is 10.6 Å². The summed E-state index contributed by atoms with van der Waals surface area (Å²) in [5, 5.41) is 10.8. The van der Waals surface area contributed by atoms with E-state index in [2.05, 4.69) is 25.2 Å². The molecule has 0 bridgehead atoms. The van der Waals surface area contributed by atoms with Gasteiger partial charge in [0.25, 0.3) is 10.0 Å². The lowest BCUT2D eigenvalue weighted by molar-refractivity contribution is -0.114. The highest BCUT2D eigenvalue weighted by molar-refractivity contribution is 7.92. The van der Waals surface area contributed by atoms with Crippen molar-refractivity contribution in [3.63, 3.8) is 0 Å². The number of benzene rings is 1. The Morgan fingerprint density at radius 3 is 2.56 bits per heavy atom. The van der Waals surface area contributed by atoms with Gasteiger partial charge >= 0.3 is 0 Å². The number of nitrogens with one attached hydrogen (secondary N) is 2. The van der Waals surface area contributed by atoms with E-state index in [9.17, 15) is 13.2 Å². The zero-order chi connectivity index (χ0) is 19.6. The summed E-state index contributed by atoms with van der Waals surface area (Å²) < 4.78 is 27.5. The number of carbonyl (C=O) groups is 1. The number of anilines is 2. The maximum absolute atomic E-state index is 12.5. The fourth-order valence-electron chi connectivity index (χ4n) is 2.20. The van der Waals surface area contributed by atoms with E-state index >= 15 is 0 Å². The molecule has 140 valence electrons. The molecule has 2 heterocycles. The predicted molar refractivity (Wildman–Crippen MR) is 104 cm³/mol. The molecule has 0 spiro atoms. The van der Waals surface area contributed by atoms with Crippen molar-refractivity contribution in [3.8, 4) is 10.6 Å². The summed E-state index contributed by atoms with van der Waals surface area (Å²) in [5.74, 6) is -0.242. The monoisotopic (exact) mass is 423 g/mol. The molecule has 1 amide bonds. The molecule has 0 aliphatic heterocycles. The average Bonchev–Trinajstić information content (AvgIpc) is 2.97. The molecule has 3 aromatic rings. The lowest BCUT2D eigenvalue weighted by atomic mass is 10.3. The van der Waals surface area contributed by atoms with Gasteiger partial charge in [-0.1, -0.05) is 41.1 Å². The van der Waals surface area contributed by atoms with Crippen molar-refractivity contribution in [3.05, 3.63) is 47.2 Å². The third-order valence-corrected chi connectivity index (χ3v) is 6.11. The van der Waals surface area contributed by atoms with Crippen LogP contribution in [0, 0.1) is 6.92 Å². The smallest absolute Gasteiger partial charge is 0.261 e. The van der Waals surface area contributed by atoms with Gasteiger partial charge < -0.3 is 5.32 Å². The Morgan fingerprint density at radius 2 is 1.89 bits per heavy atom. The van der Waals surface area contributed by atoms with Crippen molar-refractivity contribution < 1.29 is 13.2 Å². The van der Waals surface area contributed by atoms with Crippen LogP contribution in [0.1, 0.15) is 12.6 Å². The van der Waals surface area contributed by atoms with Crippen LogP contribution < -0.4 is 10.0 Å². The molecule has 0 fully saturated rings. The number of rotatable bonds is 5. The lowest BCUT2D eigenvalue weighted by Crippen LogP contribution is -2.13. The van der Waals surface area contributed by atoms with Crippen molar-refractivity contribution in [2.75, 3.05) is 10.0 Å². The zero-order valence-electron chi connectivity index (χ0n) is 14.2. The molecular formula is C16H14ClN5O3S2. The van der Waals surface area contributed by atoms with Gasteiger partial charge in [0.15, 0.2) is 10.3 Å². The van der Waals surface area contributed by atoms with E-state index in [0.717, 1.165) is 0 Å². The molecule has 2 N–H and O–H groups in total. The molecule has 8 nitrogen and oxygen atoms in total. The summed E-state index contributed by atoms with van der Waals surface area (Å²) in [6.45, 7) is 3.14. The van der Waals surface area contributed by atoms with Crippen molar-refractivity contribution in [1.29, 1.82) is 0 Å². The SMILES string of the molecule is CC(=O)Nc1nc(C)c(-c2cc(NS(=O)(=O)c3ccccc3)c(Cl)nn2)s1. The number of halogens is 1. The minimum atomic E-state index is -3.83. The molecule has 0 aliphatic carbocycles. The average molecular weight is 424 g/mol. The van der Waals surface area contributed by atoms with Gasteiger partial charge in [0.1, 0.15) is 5.69 Å². The second kappa shape index (κ2) is 7.59. The quantitative estimate of drug-likeness (QED) is 0.650. The molecule has 2 aromatic heterocycles. The van der Waals surface area contributed by atoms with Crippen LogP contribution >= 0.6 is 22.9 Å². The summed E-state index contributed by atoms with van der Waals surface area (Å²) in [4.78, 5) is 16.2. The van der Waals surface area contributed by atoms with E-state index in [-0.39, 0.29) is 21.6 Å². The minimum Gasteiger partial charge on any atom is -0.302 e. The van der Waals surface area contributed by atoms with E-state index in [4.69, 9.17) is 11.6 Å². The van der Waals surface area contributed by atoms with Crippen LogP contribution in [0.4, 0.5) is 10.8 Å². The molecule has 0 unspecified atom stereocenters. The van der Waals surface area contributed by atoms with Crippen molar-refractivity contribution >= 4 is 49.7 Å². The predicted octanol–water partition coefficient (Wildman–Crippen LogP) is 3.32. The van der Waals surface area contributed by atoms with E-state index < -0.39 is 10.0 Å². The number of hydrogen-bond acceptors (Lipinski definition) is 7. The fourth-order valence-corrected chi connectivity index (χ4v) is 4.44. The zero-order valence-corrected chi connectivity index (χ0v) is 16.6. The van der Waals surface area contributed by atoms with E-state index in [1.165, 1.54) is 36.5 Å². The number of aromatic nitrogens is 3. The minimum absolute atomic E-state index is 0.0810. The summed E-state index contributed by atoms with van der Waals surface area (Å²) >= 11 is 7.23. The van der Waals surface area contributed by atoms with Crippen LogP contribution in [-0.2, 0) is 14.8 Å². The van der Waals surface area contributed by atoms with Gasteiger partial charge in [-0.2, -0.15) is 0 Å². The first kappa shape index (κ1) is 19.2. The maximum atomic E-state index is 12.5. The first-order chi connectivity index (χ1) is 12.8. The number of hydrogen-bond donors (Lipinski definition) is 2. The van der Waals surface area contributed by atoms with Gasteiger partial charge in [0.2, 0.25) is 5.91 Å². The van der Waals surface area contributed by atoms with E-state index in [1.807, 2.05) is 0 Å². The standard InChI is InChI=1S/C16H14ClN5O3S2/c1-9-14(26-16(18-9)19-10(2)23)12-8-13(15(17)21-20-12)22-27(24,25)11-6-4-3-5-7-11/h3-8H,1-2H3,(H,20,22)(H,18,19,23). The van der Waals surface area contributed by atoms with Gasteiger partial charge in [-0.3, -0.25) is 9.52 Å². The Morgan fingerprint density at radius 1 is 1.19 bits per heavy atom. The molecule has 0 saturated heterocycles. The number of carbonyl (C=O) groups excluding carboxylic acids is 1. The molecule has 27 heavy (non-hydrogen) atoms. The molecular weight excluding hydrogens is 410 g/mol. The maximum Gasteiger partial charge on any atom is 0.261 e. The highest BCUT2D eigenvalue weighted by Gasteiger charge is 2.19. The Bertz CT molecular complexity index is 1100. The first-order valence-electron chi connectivity index (χ1n) is 7.63. The number of amides is 1. The Kier molecular flexibility index (Phi) is 5.40. The fraction of sp³-hybridized carbons (Fsp3) is 0.125. The largest absolute Gasteiger partial charge is 0.302 e. The van der Waals surface area contributed by atoms with E-state index in [0.29, 0.717) is 21.4 Å². The van der Waals surface area contributed by atoms with Gasteiger partial charge in [0, 0.05) is 6.92 Å². The summed E-state index contributed by atoms with van der Waals surface area (Å²) in [7, 11) is -3.83. The number of sulfonamides is 1. The van der Waals surface area contributed by atoms with Crippen LogP contribution in [-0.4, -0.2) is 29.5 Å². The van der Waals surface area contributed by atoms with E-state index in [1.54, 1.807) is 25.1 Å². The second-order valence-electron chi connectivity index (χ2n) is 5.47. The lowest BCUT2D eigenvalue weighted by Gasteiger charge is -2.09. The van der Waals surface area contributed by atoms with Crippen LogP contribution in [0.2, 0.25) is 5.15 Å². The Hall–Kier alpha value is -2.56. The van der Waals surface area contributed by atoms with Gasteiger partial charge in [0.05, 0.1) is 21.2 Å². The first-order valence-corrected chi connectivity index (χ1v) is 10.3. The van der Waals surface area contributed by atoms with Gasteiger partial charge in [-0.05, 0) is 25.1 Å². The summed E-state index contributed by atoms with van der Waals surface area (Å²) in [6, 6.07) is 9.39. The third-order valence-electron chi connectivity index (χ3n) is 3.36. The van der Waals surface area contributed by atoms with Gasteiger partial charge in [-0.15, -0.1) is 10.2 Å². The molecule has 3 rings (SSSR count). The molecule has 0 atom stereocenters. The molecule has 1 aromatic carbocycles. The van der Waals surface area contributed by atoms with Crippen molar-refractivity contribution in [2.24, 2.45) is 0 Å². The topological polar surface area (TPSA) is 114 Å². The molecule has 11 heteroatoms. The Balaban J connectivity index is 1.96. The summed E-state index contributed by atoms with van der Waals surface area (Å²) in [5.41, 5.74) is 1.10. The highest BCUT2D eigenvalue weighted by Crippen LogP contribution is 2.34. The third kappa shape index (κ3) is 4.41. The normalized spacial score (nSPS) is 11.2. The molecule has 0 aliphatic rings. The molecule has 0 saturated carbocycles. The van der Waals surface area contributed by atoms with Crippen molar-refractivity contribution in [2.45, 2.75) is 18.7 Å². The van der Waals surface area contributed by atoms with Gasteiger partial charge in [-0.25, -0.2) is 13.4 Å². The highest BCUT2D eigenvalue weighted by atomic mass is 35.5. The van der Waals surface area contributed by atoms with Crippen molar-refractivity contribution in [1.82, 2.24) is 15.2 Å². The molecule has 0 radical (unpaired) electrons. The second-order valence-corrected chi connectivity index (χ2v) is 8.51. The number of nitrogens with zero attached hydrogens (tertiary/aromatic N) is 3. The van der Waals surface area contributed by atoms with Crippen LogP contribution in [0.3, 0.4) is 0 Å². The van der Waals surface area contributed by atoms with Crippen LogP contribution in [0.5, 0.6) is 0 Å². The Labute approximate surface area is 164 Å². The summed E-state index contributed by atoms with van der Waals surface area (Å²) in [6.07, 6.45) is 0. The van der Waals surface area contributed by atoms with Crippen LogP contribution in [0.15, 0.2) is 41.3 Å².